The van der Waals surface area contributed by atoms with Gasteiger partial charge in [-0.1, -0.05) is 279 Å². The zero-order valence-corrected chi connectivity index (χ0v) is 55.6. The molecular formula is C95H66BN3O2. The Hall–Kier alpha value is -12.6. The molecule has 0 atom stereocenters. The van der Waals surface area contributed by atoms with Gasteiger partial charge < -0.3 is 23.2 Å². The van der Waals surface area contributed by atoms with Gasteiger partial charge >= 0.3 is 0 Å². The highest BCUT2D eigenvalue weighted by molar-refractivity contribution is 7.00. The summed E-state index contributed by atoms with van der Waals surface area (Å²) in [4.78, 5) is 5.44. The molecule has 101 heavy (non-hydrogen) atoms. The second kappa shape index (κ2) is 24.1. The minimum absolute atomic E-state index is 0.201. The Balaban J connectivity index is 0.863. The van der Waals surface area contributed by atoms with Crippen LogP contribution in [0, 0.1) is 0 Å². The molecule has 6 heteroatoms. The Labute approximate surface area is 586 Å². The van der Waals surface area contributed by atoms with E-state index in [1.54, 1.807) is 0 Å². The highest BCUT2D eigenvalue weighted by Crippen LogP contribution is 2.46. The quantitative estimate of drug-likeness (QED) is 0.102. The number of furan rings is 2. The maximum absolute atomic E-state index is 6.67. The first kappa shape index (κ1) is 58.5. The Morgan fingerprint density at radius 2 is 0.614 bits per heavy atom. The summed E-state index contributed by atoms with van der Waals surface area (Å²) in [6, 6.07) is 126. The monoisotopic (exact) mass is 1290 g/mol. The minimum atomic E-state index is -0.201. The number of para-hydroxylation sites is 4. The number of hydrogen-bond acceptors (Lipinski definition) is 4. The molecule has 2 aliphatic rings. The van der Waals surface area contributed by atoms with Crippen LogP contribution in [0.5, 0.6) is 0 Å². The number of nitrogens with zero attached hydrogens (tertiary/aromatic N) is 3. The first-order valence-electron chi connectivity index (χ1n) is 35.3. The van der Waals surface area contributed by atoms with Crippen molar-refractivity contribution in [2.45, 2.75) is 19.4 Å². The fraction of sp³-hybridized carbons (Fsp3) is 0.0526. The predicted octanol–water partition coefficient (Wildman–Crippen LogP) is 22.5. The zero-order valence-electron chi connectivity index (χ0n) is 55.6. The lowest BCUT2D eigenvalue weighted by molar-refractivity contribution is 0.668. The summed E-state index contributed by atoms with van der Waals surface area (Å²) in [5.41, 5.74) is 33.0. The predicted molar refractivity (Wildman–Crippen MR) is 424 cm³/mol. The van der Waals surface area contributed by atoms with Crippen LogP contribution in [0.3, 0.4) is 0 Å². The molecule has 0 bridgehead atoms. The molecule has 3 aromatic heterocycles. The summed E-state index contributed by atoms with van der Waals surface area (Å²) in [5, 5.41) is 7.00. The highest BCUT2D eigenvalue weighted by atomic mass is 16.3. The van der Waals surface area contributed by atoms with E-state index in [4.69, 9.17) is 8.83 Å². The van der Waals surface area contributed by atoms with Crippen molar-refractivity contribution in [2.75, 3.05) is 22.9 Å². The SMILES string of the molecule is c1ccc(-c2cccc(-c3ccccc3)c2CCN2c3ccc(-c4cccc5oc6ccccc6c45)cc3B3c4cc(-c5cccc6oc7ccccc7c56)ccc4N(CCc4c(-c5ccccc5)cccc4-c4ccccc4)c4cc(Cn5c6ccccc6c6ccccc65)cc2c43)cc1. The van der Waals surface area contributed by atoms with E-state index in [0.29, 0.717) is 19.6 Å². The number of aromatic nitrogens is 1. The zero-order chi connectivity index (χ0) is 66.5. The highest BCUT2D eigenvalue weighted by Gasteiger charge is 2.44. The molecule has 0 N–H and O–H groups in total. The molecule has 0 spiro atoms. The maximum atomic E-state index is 6.67. The van der Waals surface area contributed by atoms with Crippen molar-refractivity contribution in [3.8, 4) is 66.8 Å². The second-order valence-corrected chi connectivity index (χ2v) is 27.1. The number of hydrogen-bond donors (Lipinski definition) is 0. The summed E-state index contributed by atoms with van der Waals surface area (Å²) in [5.74, 6) is 0. The van der Waals surface area contributed by atoms with Gasteiger partial charge in [0.2, 0.25) is 0 Å². The van der Waals surface area contributed by atoms with Crippen LogP contribution in [0.4, 0.5) is 22.7 Å². The van der Waals surface area contributed by atoms with E-state index < -0.39 is 0 Å². The normalized spacial score (nSPS) is 12.5. The van der Waals surface area contributed by atoms with E-state index in [1.165, 1.54) is 122 Å². The average molecular weight is 1290 g/mol. The third-order valence-electron chi connectivity index (χ3n) is 21.6. The first-order valence-corrected chi connectivity index (χ1v) is 35.3. The average Bonchev–Trinajstić information content (AvgIpc) is 1.19. The van der Waals surface area contributed by atoms with Crippen LogP contribution >= 0.6 is 0 Å². The lowest BCUT2D eigenvalue weighted by Crippen LogP contribution is -2.62. The Kier molecular flexibility index (Phi) is 14.0. The van der Waals surface area contributed by atoms with Gasteiger partial charge in [0.05, 0.1) is 0 Å². The van der Waals surface area contributed by atoms with Crippen LogP contribution in [-0.4, -0.2) is 24.4 Å². The van der Waals surface area contributed by atoms with E-state index in [0.717, 1.165) is 79.0 Å². The molecule has 2 aliphatic heterocycles. The van der Waals surface area contributed by atoms with Crippen LogP contribution < -0.4 is 26.2 Å². The van der Waals surface area contributed by atoms with E-state index in [2.05, 4.69) is 354 Å². The minimum Gasteiger partial charge on any atom is -0.456 e. The van der Waals surface area contributed by atoms with Gasteiger partial charge in [0.15, 0.2) is 0 Å². The van der Waals surface area contributed by atoms with E-state index in [1.807, 2.05) is 0 Å². The molecule has 15 aromatic carbocycles. The molecule has 0 radical (unpaired) electrons. The van der Waals surface area contributed by atoms with Gasteiger partial charge in [0, 0.05) is 85.7 Å². The van der Waals surface area contributed by atoms with Crippen LogP contribution in [0.1, 0.15) is 16.7 Å². The molecule has 0 fully saturated rings. The Bertz CT molecular complexity index is 5780. The molecule has 476 valence electrons. The van der Waals surface area contributed by atoms with Crippen molar-refractivity contribution in [3.63, 3.8) is 0 Å². The molecule has 0 saturated carbocycles. The van der Waals surface area contributed by atoms with E-state index >= 15 is 0 Å². The maximum Gasteiger partial charge on any atom is 0.252 e. The summed E-state index contributed by atoms with van der Waals surface area (Å²) < 4.78 is 15.9. The molecule has 0 unspecified atom stereocenters. The summed E-state index contributed by atoms with van der Waals surface area (Å²) in [6.07, 6.45) is 1.53. The van der Waals surface area contributed by atoms with Crippen LogP contribution in [0.2, 0.25) is 0 Å². The molecule has 0 aliphatic carbocycles. The van der Waals surface area contributed by atoms with Gasteiger partial charge in [-0.25, -0.2) is 0 Å². The van der Waals surface area contributed by atoms with Gasteiger partial charge in [-0.05, 0) is 173 Å². The lowest BCUT2D eigenvalue weighted by atomic mass is 9.33. The third kappa shape index (κ3) is 9.76. The van der Waals surface area contributed by atoms with E-state index in [9.17, 15) is 0 Å². The van der Waals surface area contributed by atoms with Crippen molar-refractivity contribution in [3.05, 3.63) is 356 Å². The number of fused-ring (bicyclic) bond motifs is 13. The van der Waals surface area contributed by atoms with Crippen molar-refractivity contribution in [2.24, 2.45) is 0 Å². The number of rotatable bonds is 14. The van der Waals surface area contributed by atoms with Crippen molar-refractivity contribution in [1.82, 2.24) is 4.57 Å². The van der Waals surface area contributed by atoms with Gasteiger partial charge in [0.25, 0.3) is 6.71 Å². The van der Waals surface area contributed by atoms with E-state index in [-0.39, 0.29) is 6.71 Å². The second-order valence-electron chi connectivity index (χ2n) is 27.1. The van der Waals surface area contributed by atoms with Crippen molar-refractivity contribution >= 4 is 112 Å². The third-order valence-corrected chi connectivity index (χ3v) is 21.6. The fourth-order valence-corrected chi connectivity index (χ4v) is 17.2. The van der Waals surface area contributed by atoms with Gasteiger partial charge in [0.1, 0.15) is 22.3 Å². The topological polar surface area (TPSA) is 37.7 Å². The summed E-state index contributed by atoms with van der Waals surface area (Å²) >= 11 is 0. The fourth-order valence-electron chi connectivity index (χ4n) is 17.2. The van der Waals surface area contributed by atoms with Gasteiger partial charge in [-0.3, -0.25) is 0 Å². The number of benzene rings is 15. The molecule has 5 nitrogen and oxygen atoms in total. The van der Waals surface area contributed by atoms with Crippen molar-refractivity contribution in [1.29, 1.82) is 0 Å². The lowest BCUT2D eigenvalue weighted by Gasteiger charge is -2.45. The molecule has 18 aromatic rings. The molecule has 20 rings (SSSR count). The summed E-state index contributed by atoms with van der Waals surface area (Å²) in [7, 11) is 0. The Morgan fingerprint density at radius 1 is 0.267 bits per heavy atom. The van der Waals surface area contributed by atoms with Crippen LogP contribution in [0.25, 0.3) is 132 Å². The van der Waals surface area contributed by atoms with Gasteiger partial charge in [-0.15, -0.1) is 0 Å². The molecular weight excluding hydrogens is 1230 g/mol. The standard InChI is InChI=1S/C95H66BN3O2/c1-5-25-63(26-6-1)69-37-21-38-70(64-27-7-2-8-28-64)75(69)53-55-97-85-51-49-67(73-41-23-47-91-93(73)79-35-15-19-45-89(79)100-91)59-81(85)96-82-60-68(74-42-24-48-92-94(74)80-36-16-20-46-90(80)101-92)50-52-86(82)98(56-54-76-71(65-29-9-3-10-30-65)39-22-40-72(76)66-31-11-4-12-32-66)88-58-62(57-87(97)95(88)96)61-99-83-43-17-13-33-77(83)78-34-14-18-44-84(78)99/h1-52,57-60H,53-56,61H2. The van der Waals surface area contributed by atoms with Crippen molar-refractivity contribution < 1.29 is 8.83 Å². The first-order chi connectivity index (χ1) is 50.1. The molecule has 5 heterocycles. The number of anilines is 4. The molecule has 0 amide bonds. The summed E-state index contributed by atoms with van der Waals surface area (Å²) in [6.45, 7) is 1.86. The largest absolute Gasteiger partial charge is 0.456 e. The van der Waals surface area contributed by atoms with Gasteiger partial charge in [-0.2, -0.15) is 0 Å². The van der Waals surface area contributed by atoms with Crippen LogP contribution in [0.15, 0.2) is 349 Å². The smallest absolute Gasteiger partial charge is 0.252 e. The Morgan fingerprint density at radius 3 is 1.03 bits per heavy atom. The molecule has 0 saturated heterocycles. The van der Waals surface area contributed by atoms with Crippen LogP contribution in [-0.2, 0) is 19.4 Å².